The molecule has 3 heterocycles. The van der Waals surface area contributed by atoms with Crippen LogP contribution in [0.15, 0.2) is 14.1 Å². The molecule has 0 saturated carbocycles. The maximum absolute atomic E-state index is 12.9. The normalized spacial score (nSPS) is 27.1. The van der Waals surface area contributed by atoms with Crippen LogP contribution in [0.3, 0.4) is 0 Å². The van der Waals surface area contributed by atoms with E-state index in [0.29, 0.717) is 4.21 Å². The number of nitrogens with zero attached hydrogens (tertiary/aromatic N) is 1. The lowest BCUT2D eigenvalue weighted by Crippen LogP contribution is -2.42. The van der Waals surface area contributed by atoms with E-state index < -0.39 is 10.0 Å². The van der Waals surface area contributed by atoms with Crippen LogP contribution in [0.4, 0.5) is 0 Å². The third-order valence-electron chi connectivity index (χ3n) is 3.95. The molecule has 8 heteroatoms. The Balaban J connectivity index is 0.00000147. The number of aryl methyl sites for hydroxylation is 1. The monoisotopic (exact) mass is 400 g/mol. The van der Waals surface area contributed by atoms with E-state index >= 15 is 0 Å². The summed E-state index contributed by atoms with van der Waals surface area (Å²) in [6.07, 6.45) is 2.89. The number of rotatable bonds is 2. The molecule has 1 aromatic rings. The average Bonchev–Trinajstić information content (AvgIpc) is 2.80. The lowest BCUT2D eigenvalue weighted by atomic mass is 10.1. The van der Waals surface area contributed by atoms with E-state index in [1.807, 2.05) is 6.92 Å². The molecule has 0 amide bonds. The van der Waals surface area contributed by atoms with Crippen LogP contribution in [-0.2, 0) is 10.0 Å². The molecule has 2 bridgehead atoms. The van der Waals surface area contributed by atoms with Gasteiger partial charge in [0.2, 0.25) is 0 Å². The van der Waals surface area contributed by atoms with Crippen LogP contribution in [-0.4, -0.2) is 37.9 Å². The van der Waals surface area contributed by atoms with Crippen molar-refractivity contribution in [3.63, 3.8) is 0 Å². The van der Waals surface area contributed by atoms with Crippen molar-refractivity contribution in [1.29, 1.82) is 0 Å². The molecule has 0 aliphatic carbocycles. The summed E-state index contributed by atoms with van der Waals surface area (Å²) in [5.74, 6) is 0. The number of hydrogen-bond donors (Lipinski definition) is 1. The van der Waals surface area contributed by atoms with Gasteiger partial charge in [-0.25, -0.2) is 8.42 Å². The van der Waals surface area contributed by atoms with E-state index in [1.165, 1.54) is 11.3 Å². The number of nitrogens with one attached hydrogen (secondary N) is 1. The fourth-order valence-corrected chi connectivity index (χ4v) is 7.22. The van der Waals surface area contributed by atoms with Crippen molar-refractivity contribution in [2.75, 3.05) is 13.1 Å². The van der Waals surface area contributed by atoms with Crippen molar-refractivity contribution in [3.8, 4) is 0 Å². The average molecular weight is 402 g/mol. The summed E-state index contributed by atoms with van der Waals surface area (Å²) in [6, 6.07) is 2.08. The summed E-state index contributed by atoms with van der Waals surface area (Å²) in [5, 5.41) is 3.34. The van der Waals surface area contributed by atoms with Crippen molar-refractivity contribution in [3.05, 3.63) is 15.4 Å². The fraction of sp³-hybridized carbons (Fsp3) is 0.667. The Morgan fingerprint density at radius 1 is 1.35 bits per heavy atom. The fourth-order valence-electron chi connectivity index (χ4n) is 2.99. The molecule has 0 radical (unpaired) electrons. The first-order chi connectivity index (χ1) is 9.00. The zero-order valence-corrected chi connectivity index (χ0v) is 15.2. The maximum Gasteiger partial charge on any atom is 0.253 e. The first-order valence-corrected chi connectivity index (χ1v) is 9.55. The van der Waals surface area contributed by atoms with Crippen LogP contribution in [0.5, 0.6) is 0 Å². The number of sulfonamides is 1. The Kier molecular flexibility index (Phi) is 5.20. The van der Waals surface area contributed by atoms with Crippen molar-refractivity contribution in [2.45, 2.75) is 42.5 Å². The molecule has 2 unspecified atom stereocenters. The summed E-state index contributed by atoms with van der Waals surface area (Å²) in [6.45, 7) is 3.62. The molecule has 114 valence electrons. The van der Waals surface area contributed by atoms with Gasteiger partial charge in [-0.15, -0.1) is 23.7 Å². The Morgan fingerprint density at radius 2 is 2.05 bits per heavy atom. The number of halogens is 2. The van der Waals surface area contributed by atoms with Crippen molar-refractivity contribution >= 4 is 49.7 Å². The molecule has 2 fully saturated rings. The van der Waals surface area contributed by atoms with Crippen LogP contribution < -0.4 is 5.32 Å². The van der Waals surface area contributed by atoms with Crippen molar-refractivity contribution in [2.24, 2.45) is 0 Å². The summed E-state index contributed by atoms with van der Waals surface area (Å²) in [5.41, 5.74) is 0.990. The Bertz CT molecular complexity index is 557. The van der Waals surface area contributed by atoms with Gasteiger partial charge in [0.25, 0.3) is 10.0 Å². The summed E-state index contributed by atoms with van der Waals surface area (Å²) in [7, 11) is -3.34. The maximum atomic E-state index is 12.9. The molecule has 0 aromatic carbocycles. The Morgan fingerprint density at radius 3 is 2.70 bits per heavy atom. The van der Waals surface area contributed by atoms with Gasteiger partial charge in [0, 0.05) is 18.6 Å². The Labute approximate surface area is 138 Å². The van der Waals surface area contributed by atoms with Crippen LogP contribution in [0.1, 0.15) is 24.8 Å². The van der Waals surface area contributed by atoms with Gasteiger partial charge in [0.15, 0.2) is 0 Å². The smallest absolute Gasteiger partial charge is 0.253 e. The highest BCUT2D eigenvalue weighted by Crippen LogP contribution is 2.38. The van der Waals surface area contributed by atoms with Gasteiger partial charge in [-0.3, -0.25) is 0 Å². The topological polar surface area (TPSA) is 49.4 Å². The predicted octanol–water partition coefficient (Wildman–Crippen LogP) is 2.76. The van der Waals surface area contributed by atoms with Gasteiger partial charge in [-0.2, -0.15) is 4.31 Å². The van der Waals surface area contributed by atoms with E-state index in [9.17, 15) is 8.42 Å². The SMILES string of the molecule is Cc1cc(S(=O)(=O)N2C3CCNCC2CC3)sc1Br.Cl. The molecule has 2 aliphatic rings. The minimum atomic E-state index is -3.34. The van der Waals surface area contributed by atoms with E-state index in [0.717, 1.165) is 41.7 Å². The molecule has 2 saturated heterocycles. The standard InChI is InChI=1S/C12H17BrN2O2S2.ClH/c1-8-6-11(18-12(8)13)19(16,17)15-9-2-3-10(15)7-14-5-4-9;/h6,9-10,14H,2-5,7H2,1H3;1H. The molecule has 2 atom stereocenters. The van der Waals surface area contributed by atoms with Crippen LogP contribution in [0.25, 0.3) is 0 Å². The second-order valence-corrected chi connectivity index (χ2v) is 9.68. The highest BCUT2D eigenvalue weighted by atomic mass is 79.9. The van der Waals surface area contributed by atoms with E-state index in [-0.39, 0.29) is 24.5 Å². The van der Waals surface area contributed by atoms with Gasteiger partial charge >= 0.3 is 0 Å². The Hall–Kier alpha value is 0.340. The van der Waals surface area contributed by atoms with Crippen molar-refractivity contribution < 1.29 is 8.42 Å². The third kappa shape index (κ3) is 2.80. The van der Waals surface area contributed by atoms with Gasteiger partial charge in [0.05, 0.1) is 3.79 Å². The molecule has 1 N–H and O–H groups in total. The molecule has 3 rings (SSSR count). The van der Waals surface area contributed by atoms with Gasteiger partial charge in [-0.05, 0) is 60.3 Å². The zero-order valence-electron chi connectivity index (χ0n) is 11.1. The molecule has 0 spiro atoms. The number of thiophene rings is 1. The molecule has 20 heavy (non-hydrogen) atoms. The minimum absolute atomic E-state index is 0. The number of fused-ring (bicyclic) bond motifs is 2. The highest BCUT2D eigenvalue weighted by Gasteiger charge is 2.43. The second kappa shape index (κ2) is 6.22. The van der Waals surface area contributed by atoms with Gasteiger partial charge < -0.3 is 5.32 Å². The quantitative estimate of drug-likeness (QED) is 0.829. The molecule has 2 aliphatic heterocycles. The van der Waals surface area contributed by atoms with Crippen molar-refractivity contribution in [1.82, 2.24) is 9.62 Å². The molecular weight excluding hydrogens is 384 g/mol. The first kappa shape index (κ1) is 16.7. The third-order valence-corrected chi connectivity index (χ3v) is 8.54. The highest BCUT2D eigenvalue weighted by molar-refractivity contribution is 9.11. The largest absolute Gasteiger partial charge is 0.315 e. The predicted molar refractivity (Wildman–Crippen MR) is 87.3 cm³/mol. The van der Waals surface area contributed by atoms with E-state index in [4.69, 9.17) is 0 Å². The lowest BCUT2D eigenvalue weighted by Gasteiger charge is -2.26. The second-order valence-electron chi connectivity index (χ2n) is 5.23. The van der Waals surface area contributed by atoms with Crippen LogP contribution >= 0.6 is 39.7 Å². The molecular formula is C12H18BrClN2O2S2. The molecule has 4 nitrogen and oxygen atoms in total. The van der Waals surface area contributed by atoms with E-state index in [1.54, 1.807) is 10.4 Å². The zero-order chi connectivity index (χ0) is 13.6. The summed E-state index contributed by atoms with van der Waals surface area (Å²) in [4.78, 5) is 0. The molecule has 1 aromatic heterocycles. The van der Waals surface area contributed by atoms with Gasteiger partial charge in [0.1, 0.15) is 4.21 Å². The summed E-state index contributed by atoms with van der Waals surface area (Å²) >= 11 is 4.74. The minimum Gasteiger partial charge on any atom is -0.315 e. The van der Waals surface area contributed by atoms with Crippen LogP contribution in [0, 0.1) is 6.92 Å². The first-order valence-electron chi connectivity index (χ1n) is 6.50. The summed E-state index contributed by atoms with van der Waals surface area (Å²) < 4.78 is 28.9. The lowest BCUT2D eigenvalue weighted by molar-refractivity contribution is 0.335. The van der Waals surface area contributed by atoms with Crippen LogP contribution in [0.2, 0.25) is 0 Å². The van der Waals surface area contributed by atoms with E-state index in [2.05, 4.69) is 21.2 Å². The number of hydrogen-bond acceptors (Lipinski definition) is 4. The van der Waals surface area contributed by atoms with Gasteiger partial charge in [-0.1, -0.05) is 0 Å².